The summed E-state index contributed by atoms with van der Waals surface area (Å²) in [6.07, 6.45) is 1.28. The van der Waals surface area contributed by atoms with Gasteiger partial charge in [-0.1, -0.05) is 12.1 Å². The average Bonchev–Trinajstić information content (AvgIpc) is 2.26. The third kappa shape index (κ3) is 7.31. The van der Waals surface area contributed by atoms with Crippen molar-refractivity contribution in [2.75, 3.05) is 17.8 Å². The van der Waals surface area contributed by atoms with Crippen LogP contribution in [0.2, 0.25) is 0 Å². The van der Waals surface area contributed by atoms with Gasteiger partial charge in [-0.05, 0) is 44.9 Å². The van der Waals surface area contributed by atoms with E-state index in [2.05, 4.69) is 51.2 Å². The van der Waals surface area contributed by atoms with Gasteiger partial charge in [-0.25, -0.2) is 8.42 Å². The van der Waals surface area contributed by atoms with Crippen molar-refractivity contribution in [1.82, 2.24) is 5.32 Å². The molecular weight excluding hydrogens is 290 g/mol. The van der Waals surface area contributed by atoms with Crippen LogP contribution in [0.15, 0.2) is 23.1 Å². The highest BCUT2D eigenvalue weighted by molar-refractivity contribution is 8.00. The maximum Gasteiger partial charge on any atom is 0.148 e. The largest absolute Gasteiger partial charge is 0.308 e. The monoisotopic (exact) mass is 315 g/mol. The molecule has 1 aromatic rings. The van der Waals surface area contributed by atoms with E-state index in [0.29, 0.717) is 5.75 Å². The minimum atomic E-state index is -2.87. The van der Waals surface area contributed by atoms with Gasteiger partial charge in [0.05, 0.1) is 5.75 Å². The molecule has 0 spiro atoms. The Morgan fingerprint density at radius 1 is 1.25 bits per heavy atom. The van der Waals surface area contributed by atoms with Gasteiger partial charge in [-0.3, -0.25) is 0 Å². The van der Waals surface area contributed by atoms with Crippen molar-refractivity contribution in [2.45, 2.75) is 44.7 Å². The third-order valence-electron chi connectivity index (χ3n) is 2.77. The summed E-state index contributed by atoms with van der Waals surface area (Å²) in [4.78, 5) is 1.16. The Morgan fingerprint density at radius 3 is 2.40 bits per heavy atom. The first-order valence-corrected chi connectivity index (χ1v) is 9.76. The quantitative estimate of drug-likeness (QED) is 0.820. The van der Waals surface area contributed by atoms with E-state index in [9.17, 15) is 8.42 Å². The van der Waals surface area contributed by atoms with Gasteiger partial charge in [0.2, 0.25) is 0 Å². The maximum atomic E-state index is 11.1. The molecule has 0 amide bonds. The molecule has 0 bridgehead atoms. The number of sulfone groups is 1. The topological polar surface area (TPSA) is 46.2 Å². The van der Waals surface area contributed by atoms with Crippen molar-refractivity contribution < 1.29 is 8.42 Å². The van der Waals surface area contributed by atoms with E-state index < -0.39 is 9.84 Å². The second-order valence-corrected chi connectivity index (χ2v) is 9.58. The molecule has 3 nitrogen and oxygen atoms in total. The van der Waals surface area contributed by atoms with Crippen molar-refractivity contribution in [3.8, 4) is 0 Å². The second-order valence-electron chi connectivity index (χ2n) is 6.18. The SMILES string of the molecule is Cc1cc(CNC(C)(C)C)ccc1SCCS(C)(=O)=O. The van der Waals surface area contributed by atoms with E-state index >= 15 is 0 Å². The van der Waals surface area contributed by atoms with Gasteiger partial charge in [0.15, 0.2) is 0 Å². The molecule has 0 saturated heterocycles. The normalized spacial score (nSPS) is 12.7. The number of rotatable bonds is 6. The molecule has 1 rings (SSSR count). The lowest BCUT2D eigenvalue weighted by Crippen LogP contribution is -2.35. The van der Waals surface area contributed by atoms with Crippen LogP contribution in [-0.2, 0) is 16.4 Å². The lowest BCUT2D eigenvalue weighted by atomic mass is 10.1. The number of benzene rings is 1. The van der Waals surface area contributed by atoms with Gasteiger partial charge in [0.25, 0.3) is 0 Å². The van der Waals surface area contributed by atoms with Crippen LogP contribution < -0.4 is 5.32 Å². The van der Waals surface area contributed by atoms with Crippen LogP contribution in [0, 0.1) is 6.92 Å². The van der Waals surface area contributed by atoms with E-state index in [0.717, 1.165) is 11.4 Å². The van der Waals surface area contributed by atoms with E-state index in [1.807, 2.05) is 0 Å². The molecule has 114 valence electrons. The highest BCUT2D eigenvalue weighted by Gasteiger charge is 2.09. The molecule has 0 fully saturated rings. The number of aryl methyl sites for hydroxylation is 1. The third-order valence-corrected chi connectivity index (χ3v) is 5.16. The number of hydrogen-bond acceptors (Lipinski definition) is 4. The molecule has 0 heterocycles. The van der Waals surface area contributed by atoms with E-state index in [4.69, 9.17) is 0 Å². The summed E-state index contributed by atoms with van der Waals surface area (Å²) in [5, 5.41) is 3.46. The fourth-order valence-electron chi connectivity index (χ4n) is 1.65. The Bertz CT molecular complexity index is 545. The van der Waals surface area contributed by atoms with E-state index in [1.54, 1.807) is 11.8 Å². The summed E-state index contributed by atoms with van der Waals surface area (Å²) >= 11 is 1.61. The Balaban J connectivity index is 2.59. The summed E-state index contributed by atoms with van der Waals surface area (Å²) in [7, 11) is -2.87. The van der Waals surface area contributed by atoms with Gasteiger partial charge < -0.3 is 5.32 Å². The lowest BCUT2D eigenvalue weighted by molar-refractivity contribution is 0.424. The fourth-order valence-corrected chi connectivity index (χ4v) is 3.87. The lowest BCUT2D eigenvalue weighted by Gasteiger charge is -2.21. The van der Waals surface area contributed by atoms with Gasteiger partial charge in [0, 0.05) is 29.0 Å². The molecule has 5 heteroatoms. The predicted molar refractivity (Wildman–Crippen MR) is 88.2 cm³/mol. The van der Waals surface area contributed by atoms with Crippen LogP contribution in [-0.4, -0.2) is 31.7 Å². The Hall–Kier alpha value is -0.520. The first-order chi connectivity index (χ1) is 9.07. The zero-order valence-corrected chi connectivity index (χ0v) is 14.6. The molecule has 0 aliphatic heterocycles. The Kier molecular flexibility index (Phi) is 6.10. The molecule has 0 radical (unpaired) electrons. The number of nitrogens with one attached hydrogen (secondary N) is 1. The van der Waals surface area contributed by atoms with Gasteiger partial charge >= 0.3 is 0 Å². The van der Waals surface area contributed by atoms with Crippen LogP contribution >= 0.6 is 11.8 Å². The standard InChI is InChI=1S/C15H25NO2S2/c1-12-10-13(11-16-15(2,3)4)6-7-14(12)19-8-9-20(5,17)18/h6-7,10,16H,8-9,11H2,1-5H3. The molecule has 0 aliphatic carbocycles. The maximum absolute atomic E-state index is 11.1. The second kappa shape index (κ2) is 6.96. The van der Waals surface area contributed by atoms with Crippen LogP contribution in [0.3, 0.4) is 0 Å². The minimum Gasteiger partial charge on any atom is -0.308 e. The Labute approximate surface area is 127 Å². The molecule has 0 aliphatic rings. The smallest absolute Gasteiger partial charge is 0.148 e. The minimum absolute atomic E-state index is 0.108. The van der Waals surface area contributed by atoms with Crippen molar-refractivity contribution in [3.63, 3.8) is 0 Å². The van der Waals surface area contributed by atoms with Gasteiger partial charge in [-0.2, -0.15) is 0 Å². The van der Waals surface area contributed by atoms with Gasteiger partial charge in [-0.15, -0.1) is 11.8 Å². The number of thioether (sulfide) groups is 1. The highest BCUT2D eigenvalue weighted by Crippen LogP contribution is 2.23. The van der Waals surface area contributed by atoms with Crippen molar-refractivity contribution in [2.24, 2.45) is 0 Å². The van der Waals surface area contributed by atoms with Crippen LogP contribution in [0.4, 0.5) is 0 Å². The van der Waals surface area contributed by atoms with E-state index in [1.165, 1.54) is 17.4 Å². The summed E-state index contributed by atoms with van der Waals surface area (Å²) < 4.78 is 22.2. The first kappa shape index (κ1) is 17.5. The highest BCUT2D eigenvalue weighted by atomic mass is 32.2. The van der Waals surface area contributed by atoms with Gasteiger partial charge in [0.1, 0.15) is 9.84 Å². The van der Waals surface area contributed by atoms with E-state index in [-0.39, 0.29) is 11.3 Å². The molecule has 1 aromatic carbocycles. The molecule has 0 aromatic heterocycles. The molecule has 1 N–H and O–H groups in total. The average molecular weight is 316 g/mol. The van der Waals surface area contributed by atoms with Crippen molar-refractivity contribution in [3.05, 3.63) is 29.3 Å². The molecule has 0 atom stereocenters. The zero-order chi connectivity index (χ0) is 15.4. The molecule has 20 heavy (non-hydrogen) atoms. The van der Waals surface area contributed by atoms with Crippen LogP contribution in [0.1, 0.15) is 31.9 Å². The Morgan fingerprint density at radius 2 is 1.90 bits per heavy atom. The molecule has 0 saturated carbocycles. The van der Waals surface area contributed by atoms with Crippen molar-refractivity contribution in [1.29, 1.82) is 0 Å². The summed E-state index contributed by atoms with van der Waals surface area (Å²) in [5.74, 6) is 0.837. The summed E-state index contributed by atoms with van der Waals surface area (Å²) in [6.45, 7) is 9.36. The number of hydrogen-bond donors (Lipinski definition) is 1. The fraction of sp³-hybridized carbons (Fsp3) is 0.600. The van der Waals surface area contributed by atoms with Crippen molar-refractivity contribution >= 4 is 21.6 Å². The molecule has 0 unspecified atom stereocenters. The summed E-state index contributed by atoms with van der Waals surface area (Å²) in [5.41, 5.74) is 2.57. The van der Waals surface area contributed by atoms with Crippen LogP contribution in [0.5, 0.6) is 0 Å². The summed E-state index contributed by atoms with van der Waals surface area (Å²) in [6, 6.07) is 6.36. The molecular formula is C15H25NO2S2. The van der Waals surface area contributed by atoms with Crippen LogP contribution in [0.25, 0.3) is 0 Å². The predicted octanol–water partition coefficient (Wildman–Crippen LogP) is 3.02. The zero-order valence-electron chi connectivity index (χ0n) is 13.0. The first-order valence-electron chi connectivity index (χ1n) is 6.72.